The largest absolute Gasteiger partial charge is 0.304 e. The number of aromatic nitrogens is 1. The standard InChI is InChI=1S/C16H20N2/c1-12-6-4-7-15(10-12)13(2)18-14(3)16-8-5-9-17-11-16/h4-11,13-14,18H,1-3H3/t13?,14-/m0/s1. The molecule has 0 aliphatic heterocycles. The Morgan fingerprint density at radius 2 is 1.72 bits per heavy atom. The van der Waals surface area contributed by atoms with Crippen molar-refractivity contribution in [3.8, 4) is 0 Å². The van der Waals surface area contributed by atoms with Crippen molar-refractivity contribution in [3.05, 3.63) is 65.5 Å². The Hall–Kier alpha value is -1.67. The number of hydrogen-bond donors (Lipinski definition) is 1. The molecule has 0 radical (unpaired) electrons. The van der Waals surface area contributed by atoms with Crippen LogP contribution >= 0.6 is 0 Å². The molecule has 1 unspecified atom stereocenters. The molecular weight excluding hydrogens is 220 g/mol. The van der Waals surface area contributed by atoms with Gasteiger partial charge in [-0.3, -0.25) is 4.98 Å². The summed E-state index contributed by atoms with van der Waals surface area (Å²) in [6, 6.07) is 13.3. The van der Waals surface area contributed by atoms with E-state index in [1.165, 1.54) is 16.7 Å². The number of nitrogens with one attached hydrogen (secondary N) is 1. The molecule has 0 saturated heterocycles. The average Bonchev–Trinajstić information content (AvgIpc) is 2.39. The van der Waals surface area contributed by atoms with Crippen LogP contribution in [0.25, 0.3) is 0 Å². The lowest BCUT2D eigenvalue weighted by Crippen LogP contribution is -2.22. The second-order valence-electron chi connectivity index (χ2n) is 4.81. The molecule has 18 heavy (non-hydrogen) atoms. The summed E-state index contributed by atoms with van der Waals surface area (Å²) in [6.07, 6.45) is 3.72. The number of aryl methyl sites for hydroxylation is 1. The van der Waals surface area contributed by atoms with E-state index in [-0.39, 0.29) is 0 Å². The van der Waals surface area contributed by atoms with Crippen molar-refractivity contribution < 1.29 is 0 Å². The van der Waals surface area contributed by atoms with Gasteiger partial charge in [0.05, 0.1) is 0 Å². The third-order valence-electron chi connectivity index (χ3n) is 3.23. The number of pyridine rings is 1. The van der Waals surface area contributed by atoms with Crippen molar-refractivity contribution in [2.75, 3.05) is 0 Å². The van der Waals surface area contributed by atoms with Crippen molar-refractivity contribution >= 4 is 0 Å². The first-order valence-corrected chi connectivity index (χ1v) is 6.39. The maximum absolute atomic E-state index is 4.16. The van der Waals surface area contributed by atoms with Crippen molar-refractivity contribution in [3.63, 3.8) is 0 Å². The molecule has 94 valence electrons. The van der Waals surface area contributed by atoms with Gasteiger partial charge in [0.1, 0.15) is 0 Å². The third kappa shape index (κ3) is 3.17. The summed E-state index contributed by atoms with van der Waals surface area (Å²) in [7, 11) is 0. The van der Waals surface area contributed by atoms with Crippen molar-refractivity contribution in [1.82, 2.24) is 10.3 Å². The predicted octanol–water partition coefficient (Wildman–Crippen LogP) is 3.80. The van der Waals surface area contributed by atoms with Gasteiger partial charge in [0, 0.05) is 24.5 Å². The van der Waals surface area contributed by atoms with Crippen LogP contribution in [0.2, 0.25) is 0 Å². The second-order valence-corrected chi connectivity index (χ2v) is 4.81. The highest BCUT2D eigenvalue weighted by atomic mass is 14.9. The van der Waals surface area contributed by atoms with Gasteiger partial charge in [-0.1, -0.05) is 35.9 Å². The van der Waals surface area contributed by atoms with Gasteiger partial charge in [-0.15, -0.1) is 0 Å². The molecule has 1 N–H and O–H groups in total. The monoisotopic (exact) mass is 240 g/mol. The first kappa shape index (κ1) is 12.8. The van der Waals surface area contributed by atoms with Crippen molar-refractivity contribution in [1.29, 1.82) is 0 Å². The van der Waals surface area contributed by atoms with Gasteiger partial charge in [-0.25, -0.2) is 0 Å². The van der Waals surface area contributed by atoms with E-state index in [1.807, 2.05) is 12.3 Å². The molecule has 0 saturated carbocycles. The summed E-state index contributed by atoms with van der Waals surface area (Å²) >= 11 is 0. The molecule has 0 bridgehead atoms. The predicted molar refractivity (Wildman–Crippen MR) is 75.4 cm³/mol. The van der Waals surface area contributed by atoms with E-state index in [4.69, 9.17) is 0 Å². The molecule has 0 aliphatic rings. The summed E-state index contributed by atoms with van der Waals surface area (Å²) in [5.41, 5.74) is 3.85. The number of hydrogen-bond acceptors (Lipinski definition) is 2. The van der Waals surface area contributed by atoms with Gasteiger partial charge in [0.2, 0.25) is 0 Å². The van der Waals surface area contributed by atoms with Crippen molar-refractivity contribution in [2.45, 2.75) is 32.9 Å². The lowest BCUT2D eigenvalue weighted by Gasteiger charge is -2.20. The Labute approximate surface area is 109 Å². The van der Waals surface area contributed by atoms with Crippen LogP contribution < -0.4 is 5.32 Å². The first-order valence-electron chi connectivity index (χ1n) is 6.39. The van der Waals surface area contributed by atoms with Gasteiger partial charge < -0.3 is 5.32 Å². The van der Waals surface area contributed by atoms with E-state index in [2.05, 4.69) is 61.4 Å². The highest BCUT2D eigenvalue weighted by Gasteiger charge is 2.10. The maximum Gasteiger partial charge on any atom is 0.0315 e. The molecule has 1 aromatic heterocycles. The van der Waals surface area contributed by atoms with Crippen LogP contribution in [0.15, 0.2) is 48.8 Å². The zero-order valence-corrected chi connectivity index (χ0v) is 11.2. The SMILES string of the molecule is Cc1cccc(C(C)N[C@@H](C)c2cccnc2)c1. The van der Waals surface area contributed by atoms with E-state index in [1.54, 1.807) is 6.20 Å². The second kappa shape index (κ2) is 5.78. The zero-order valence-electron chi connectivity index (χ0n) is 11.2. The smallest absolute Gasteiger partial charge is 0.0315 e. The molecule has 2 nitrogen and oxygen atoms in total. The normalized spacial score (nSPS) is 14.2. The van der Waals surface area contributed by atoms with Gasteiger partial charge in [0.25, 0.3) is 0 Å². The average molecular weight is 240 g/mol. The van der Waals surface area contributed by atoms with Crippen molar-refractivity contribution in [2.24, 2.45) is 0 Å². The minimum absolute atomic E-state index is 0.300. The molecule has 1 aromatic carbocycles. The molecule has 0 aliphatic carbocycles. The Morgan fingerprint density at radius 3 is 2.39 bits per heavy atom. The topological polar surface area (TPSA) is 24.9 Å². The fourth-order valence-electron chi connectivity index (χ4n) is 2.14. The molecule has 0 amide bonds. The molecular formula is C16H20N2. The molecule has 2 atom stereocenters. The fraction of sp³-hybridized carbons (Fsp3) is 0.312. The fourth-order valence-corrected chi connectivity index (χ4v) is 2.14. The van der Waals surface area contributed by atoms with Crippen LogP contribution in [0.3, 0.4) is 0 Å². The van der Waals surface area contributed by atoms with Crippen LogP contribution in [-0.2, 0) is 0 Å². The number of benzene rings is 1. The summed E-state index contributed by atoms with van der Waals surface area (Å²) in [6.45, 7) is 6.49. The zero-order chi connectivity index (χ0) is 13.0. The molecule has 2 aromatic rings. The summed E-state index contributed by atoms with van der Waals surface area (Å²) in [4.78, 5) is 4.16. The van der Waals surface area contributed by atoms with E-state index in [0.29, 0.717) is 12.1 Å². The highest BCUT2D eigenvalue weighted by Crippen LogP contribution is 2.19. The van der Waals surface area contributed by atoms with Gasteiger partial charge in [-0.2, -0.15) is 0 Å². The molecule has 0 fully saturated rings. The summed E-state index contributed by atoms with van der Waals surface area (Å²) in [5.74, 6) is 0. The quantitative estimate of drug-likeness (QED) is 0.879. The minimum atomic E-state index is 0.300. The van der Waals surface area contributed by atoms with Crippen LogP contribution in [-0.4, -0.2) is 4.98 Å². The lowest BCUT2D eigenvalue weighted by atomic mass is 10.0. The van der Waals surface area contributed by atoms with Gasteiger partial charge >= 0.3 is 0 Å². The van der Waals surface area contributed by atoms with E-state index in [0.717, 1.165) is 0 Å². The number of rotatable bonds is 4. The Bertz CT molecular complexity index is 493. The van der Waals surface area contributed by atoms with Gasteiger partial charge in [-0.05, 0) is 38.0 Å². The van der Waals surface area contributed by atoms with Gasteiger partial charge in [0.15, 0.2) is 0 Å². The van der Waals surface area contributed by atoms with E-state index in [9.17, 15) is 0 Å². The third-order valence-corrected chi connectivity index (χ3v) is 3.23. The summed E-state index contributed by atoms with van der Waals surface area (Å²) < 4.78 is 0. The Kier molecular flexibility index (Phi) is 4.11. The van der Waals surface area contributed by atoms with E-state index >= 15 is 0 Å². The van der Waals surface area contributed by atoms with E-state index < -0.39 is 0 Å². The van der Waals surface area contributed by atoms with Crippen LogP contribution in [0.1, 0.15) is 42.6 Å². The maximum atomic E-state index is 4.16. The minimum Gasteiger partial charge on any atom is -0.304 e. The molecule has 2 rings (SSSR count). The Morgan fingerprint density at radius 1 is 1.00 bits per heavy atom. The van der Waals surface area contributed by atoms with Crippen LogP contribution in [0.4, 0.5) is 0 Å². The Balaban J connectivity index is 2.05. The molecule has 0 spiro atoms. The van der Waals surface area contributed by atoms with Crippen LogP contribution in [0, 0.1) is 6.92 Å². The first-order chi connectivity index (χ1) is 8.66. The lowest BCUT2D eigenvalue weighted by molar-refractivity contribution is 0.493. The summed E-state index contributed by atoms with van der Waals surface area (Å²) in [5, 5.41) is 3.60. The molecule has 2 heteroatoms. The van der Waals surface area contributed by atoms with Crippen LogP contribution in [0.5, 0.6) is 0 Å². The highest BCUT2D eigenvalue weighted by molar-refractivity contribution is 5.25. The molecule has 1 heterocycles. The number of nitrogens with zero attached hydrogens (tertiary/aromatic N) is 1.